The third kappa shape index (κ3) is 7.84. The van der Waals surface area contributed by atoms with Gasteiger partial charge in [-0.2, -0.15) is 0 Å². The average molecular weight is 492 g/mol. The second-order valence-corrected chi connectivity index (χ2v) is 9.49. The summed E-state index contributed by atoms with van der Waals surface area (Å²) in [6, 6.07) is 12.1. The van der Waals surface area contributed by atoms with E-state index in [4.69, 9.17) is 28.3 Å². The van der Waals surface area contributed by atoms with Crippen molar-refractivity contribution < 1.29 is 14.7 Å². The molecule has 2 aromatic rings. The first-order valence-corrected chi connectivity index (χ1v) is 11.7. The minimum atomic E-state index is -0.800. The summed E-state index contributed by atoms with van der Waals surface area (Å²) in [6.07, 6.45) is 1.64. The van der Waals surface area contributed by atoms with Crippen molar-refractivity contribution in [2.75, 3.05) is 29.9 Å². The molecule has 0 unspecified atom stereocenters. The molecular weight excluding hydrogens is 461 g/mol. The number of hydrogen-bond acceptors (Lipinski definition) is 5. The second kappa shape index (κ2) is 12.2. The van der Waals surface area contributed by atoms with Crippen LogP contribution in [0.5, 0.6) is 0 Å². The van der Waals surface area contributed by atoms with E-state index in [-0.39, 0.29) is 23.1 Å². The van der Waals surface area contributed by atoms with Crippen LogP contribution in [0.2, 0.25) is 10.0 Å². The van der Waals surface area contributed by atoms with Gasteiger partial charge in [0.05, 0.1) is 16.4 Å². The number of rotatable bonds is 10. The lowest BCUT2D eigenvalue weighted by atomic mass is 9.87. The van der Waals surface area contributed by atoms with Gasteiger partial charge in [0, 0.05) is 35.8 Å². The van der Waals surface area contributed by atoms with E-state index in [0.717, 1.165) is 31.6 Å². The van der Waals surface area contributed by atoms with Gasteiger partial charge in [0.2, 0.25) is 0 Å². The van der Waals surface area contributed by atoms with Crippen molar-refractivity contribution in [1.29, 1.82) is 0 Å². The van der Waals surface area contributed by atoms with E-state index >= 15 is 0 Å². The zero-order valence-electron chi connectivity index (χ0n) is 19.5. The standard InChI is InChI=1S/C25H31Cl2N3O3/c1-5-30(14-6-7-15-31)19-11-9-18(10-12-19)28-22(23(32)25(2,3)4)24(33)29-21-13-8-17(26)16-20(21)27/h8-13,16,31H,5-7,14-15H2,1-4H3,(H,29,33). The molecule has 0 aliphatic heterocycles. The van der Waals surface area contributed by atoms with Gasteiger partial charge >= 0.3 is 0 Å². The fourth-order valence-corrected chi connectivity index (χ4v) is 3.54. The number of nitrogens with one attached hydrogen (secondary N) is 1. The topological polar surface area (TPSA) is 82.0 Å². The predicted octanol–water partition coefficient (Wildman–Crippen LogP) is 5.92. The Morgan fingerprint density at radius 1 is 1.06 bits per heavy atom. The normalized spacial score (nSPS) is 11.9. The Balaban J connectivity index is 2.32. The number of aliphatic hydroxyl groups is 1. The average Bonchev–Trinajstić information content (AvgIpc) is 2.76. The first-order valence-electron chi connectivity index (χ1n) is 10.9. The molecule has 2 N–H and O–H groups in total. The SMILES string of the molecule is CCN(CCCCO)c1ccc(N=C(C(=O)Nc2ccc(Cl)cc2Cl)C(=O)C(C)(C)C)cc1. The van der Waals surface area contributed by atoms with Crippen LogP contribution < -0.4 is 10.2 Å². The molecule has 0 aliphatic rings. The molecular formula is C25H31Cl2N3O3. The lowest BCUT2D eigenvalue weighted by molar-refractivity contribution is -0.121. The molecule has 0 fully saturated rings. The van der Waals surface area contributed by atoms with Crippen LogP contribution in [-0.4, -0.2) is 42.2 Å². The van der Waals surface area contributed by atoms with E-state index in [1.807, 2.05) is 12.1 Å². The van der Waals surface area contributed by atoms with Gasteiger partial charge in [0.15, 0.2) is 11.5 Å². The highest BCUT2D eigenvalue weighted by atomic mass is 35.5. The molecule has 178 valence electrons. The maximum atomic E-state index is 13.0. The number of halogens is 2. The maximum absolute atomic E-state index is 13.0. The summed E-state index contributed by atoms with van der Waals surface area (Å²) in [6.45, 7) is 9.12. The molecule has 6 nitrogen and oxygen atoms in total. The molecule has 0 radical (unpaired) electrons. The highest BCUT2D eigenvalue weighted by Gasteiger charge is 2.31. The Kier molecular flexibility index (Phi) is 9.89. The molecule has 0 saturated carbocycles. The van der Waals surface area contributed by atoms with E-state index < -0.39 is 11.3 Å². The van der Waals surface area contributed by atoms with Gasteiger partial charge in [0.25, 0.3) is 5.91 Å². The molecule has 33 heavy (non-hydrogen) atoms. The fourth-order valence-electron chi connectivity index (χ4n) is 3.08. The van der Waals surface area contributed by atoms with Crippen LogP contribution in [-0.2, 0) is 9.59 Å². The summed E-state index contributed by atoms with van der Waals surface area (Å²) in [5.74, 6) is -1.02. The molecule has 8 heteroatoms. The molecule has 2 rings (SSSR count). The molecule has 0 aliphatic carbocycles. The molecule has 0 aromatic heterocycles. The van der Waals surface area contributed by atoms with Crippen LogP contribution in [0.1, 0.15) is 40.5 Å². The molecule has 0 saturated heterocycles. The van der Waals surface area contributed by atoms with Gasteiger partial charge < -0.3 is 15.3 Å². The second-order valence-electron chi connectivity index (χ2n) is 8.64. The number of unbranched alkanes of at least 4 members (excludes halogenated alkanes) is 1. The van der Waals surface area contributed by atoms with Crippen molar-refractivity contribution in [3.8, 4) is 0 Å². The Labute approximate surface area is 205 Å². The smallest absolute Gasteiger partial charge is 0.278 e. The highest BCUT2D eigenvalue weighted by Crippen LogP contribution is 2.27. The van der Waals surface area contributed by atoms with Gasteiger partial charge in [-0.15, -0.1) is 0 Å². The number of aliphatic hydroxyl groups excluding tert-OH is 1. The first kappa shape index (κ1) is 26.8. The number of amides is 1. The highest BCUT2D eigenvalue weighted by molar-refractivity contribution is 6.68. The van der Waals surface area contributed by atoms with Gasteiger partial charge in [-0.05, 0) is 62.2 Å². The predicted molar refractivity (Wildman–Crippen MR) is 137 cm³/mol. The van der Waals surface area contributed by atoms with Crippen molar-refractivity contribution in [2.24, 2.45) is 10.4 Å². The Morgan fingerprint density at radius 2 is 1.73 bits per heavy atom. The van der Waals surface area contributed by atoms with E-state index in [0.29, 0.717) is 16.4 Å². The van der Waals surface area contributed by atoms with Crippen LogP contribution in [0.3, 0.4) is 0 Å². The van der Waals surface area contributed by atoms with E-state index in [1.54, 1.807) is 45.0 Å². The zero-order chi connectivity index (χ0) is 24.6. The molecule has 0 atom stereocenters. The van der Waals surface area contributed by atoms with Crippen LogP contribution in [0.15, 0.2) is 47.5 Å². The van der Waals surface area contributed by atoms with Gasteiger partial charge in [-0.3, -0.25) is 9.59 Å². The maximum Gasteiger partial charge on any atom is 0.278 e. The van der Waals surface area contributed by atoms with Crippen molar-refractivity contribution in [3.05, 3.63) is 52.5 Å². The largest absolute Gasteiger partial charge is 0.396 e. The minimum absolute atomic E-state index is 0.180. The van der Waals surface area contributed by atoms with Gasteiger partial charge in [-0.25, -0.2) is 4.99 Å². The third-order valence-electron chi connectivity index (χ3n) is 4.96. The van der Waals surface area contributed by atoms with Crippen molar-refractivity contribution in [3.63, 3.8) is 0 Å². The molecule has 0 bridgehead atoms. The van der Waals surface area contributed by atoms with Crippen LogP contribution >= 0.6 is 23.2 Å². The lowest BCUT2D eigenvalue weighted by Gasteiger charge is -2.23. The number of benzene rings is 2. The van der Waals surface area contributed by atoms with E-state index in [2.05, 4.69) is 22.1 Å². The number of aliphatic imine (C=N–C) groups is 1. The number of nitrogens with zero attached hydrogens (tertiary/aromatic N) is 2. The fraction of sp³-hybridized carbons (Fsp3) is 0.400. The van der Waals surface area contributed by atoms with Crippen LogP contribution in [0.4, 0.5) is 17.1 Å². The Morgan fingerprint density at radius 3 is 2.27 bits per heavy atom. The molecule has 1 amide bonds. The molecule has 0 spiro atoms. The Bertz CT molecular complexity index is 999. The summed E-state index contributed by atoms with van der Waals surface area (Å²) in [4.78, 5) is 32.7. The van der Waals surface area contributed by atoms with Crippen molar-refractivity contribution in [1.82, 2.24) is 0 Å². The monoisotopic (exact) mass is 491 g/mol. The number of carbonyl (C=O) groups excluding carboxylic acids is 2. The zero-order valence-corrected chi connectivity index (χ0v) is 21.0. The summed E-state index contributed by atoms with van der Waals surface area (Å²) in [5, 5.41) is 12.4. The van der Waals surface area contributed by atoms with Crippen molar-refractivity contribution >= 4 is 57.7 Å². The molecule has 2 aromatic carbocycles. The number of ketones is 1. The van der Waals surface area contributed by atoms with E-state index in [9.17, 15) is 9.59 Å². The third-order valence-corrected chi connectivity index (χ3v) is 5.51. The summed E-state index contributed by atoms with van der Waals surface area (Å²) in [5.41, 5.74) is 0.852. The quantitative estimate of drug-likeness (QED) is 0.245. The van der Waals surface area contributed by atoms with Crippen molar-refractivity contribution in [2.45, 2.75) is 40.5 Å². The van der Waals surface area contributed by atoms with Crippen LogP contribution in [0.25, 0.3) is 0 Å². The number of anilines is 2. The van der Waals surface area contributed by atoms with Gasteiger partial charge in [-0.1, -0.05) is 44.0 Å². The van der Waals surface area contributed by atoms with E-state index in [1.165, 1.54) is 6.07 Å². The number of carbonyl (C=O) groups is 2. The first-order chi connectivity index (χ1) is 15.6. The Hall–Kier alpha value is -2.41. The summed E-state index contributed by atoms with van der Waals surface area (Å²) >= 11 is 12.1. The van der Waals surface area contributed by atoms with Gasteiger partial charge in [0.1, 0.15) is 0 Å². The lowest BCUT2D eigenvalue weighted by Crippen LogP contribution is -2.37. The summed E-state index contributed by atoms with van der Waals surface area (Å²) in [7, 11) is 0. The number of Topliss-reactive ketones (excluding diaryl/α,β-unsaturated/α-hetero) is 1. The number of hydrogen-bond donors (Lipinski definition) is 2. The van der Waals surface area contributed by atoms with Crippen LogP contribution in [0, 0.1) is 5.41 Å². The molecule has 0 heterocycles. The summed E-state index contributed by atoms with van der Waals surface area (Å²) < 4.78 is 0. The minimum Gasteiger partial charge on any atom is -0.396 e.